The van der Waals surface area contributed by atoms with E-state index in [2.05, 4.69) is 26.2 Å². The Morgan fingerprint density at radius 3 is 2.33 bits per heavy atom. The van der Waals surface area contributed by atoms with E-state index in [-0.39, 0.29) is 22.7 Å². The van der Waals surface area contributed by atoms with Gasteiger partial charge in [-0.2, -0.15) is 10.4 Å². The van der Waals surface area contributed by atoms with Crippen molar-refractivity contribution in [2.24, 2.45) is 5.73 Å². The van der Waals surface area contributed by atoms with Crippen molar-refractivity contribution < 1.29 is 19.1 Å². The van der Waals surface area contributed by atoms with E-state index in [1.54, 1.807) is 73.1 Å². The molecule has 0 fully saturated rings. The van der Waals surface area contributed by atoms with Crippen molar-refractivity contribution in [3.05, 3.63) is 107 Å². The molecule has 1 aliphatic heterocycles. The van der Waals surface area contributed by atoms with Crippen LogP contribution in [0.5, 0.6) is 0 Å². The maximum absolute atomic E-state index is 13.2. The molecule has 11 heteroatoms. The van der Waals surface area contributed by atoms with E-state index in [1.165, 1.54) is 19.1 Å². The highest BCUT2D eigenvalue weighted by molar-refractivity contribution is 6.06. The number of hydrogen-bond donors (Lipinski definition) is 2. The highest BCUT2D eigenvalue weighted by atomic mass is 16.5. The van der Waals surface area contributed by atoms with Gasteiger partial charge in [-0.05, 0) is 42.0 Å². The van der Waals surface area contributed by atoms with E-state index < -0.39 is 17.9 Å². The van der Waals surface area contributed by atoms with Crippen LogP contribution >= 0.6 is 0 Å². The van der Waals surface area contributed by atoms with Crippen LogP contribution in [0.2, 0.25) is 0 Å². The van der Waals surface area contributed by atoms with Crippen molar-refractivity contribution in [1.82, 2.24) is 20.2 Å². The van der Waals surface area contributed by atoms with Crippen molar-refractivity contribution >= 4 is 17.6 Å². The van der Waals surface area contributed by atoms with Gasteiger partial charge in [0.2, 0.25) is 0 Å². The molecule has 1 aliphatic rings. The molecular weight excluding hydrogens is 510 g/mol. The minimum atomic E-state index is -0.941. The number of pyridine rings is 1. The molecule has 40 heavy (non-hydrogen) atoms. The molecule has 2 aromatic carbocycles. The highest BCUT2D eigenvalue weighted by Crippen LogP contribution is 2.43. The molecule has 5 rings (SSSR count). The normalized spacial score (nSPS) is 15.0. The van der Waals surface area contributed by atoms with E-state index in [0.717, 1.165) is 5.56 Å². The number of carbonyl (C=O) groups excluding carboxylic acids is 2. The number of ether oxygens (including phenoxy) is 2. The van der Waals surface area contributed by atoms with Gasteiger partial charge in [0.1, 0.15) is 11.5 Å². The van der Waals surface area contributed by atoms with Gasteiger partial charge in [-0.15, -0.1) is 0 Å². The van der Waals surface area contributed by atoms with Crippen molar-refractivity contribution in [2.45, 2.75) is 5.92 Å². The quantitative estimate of drug-likeness (QED) is 0.351. The fourth-order valence-corrected chi connectivity index (χ4v) is 4.56. The summed E-state index contributed by atoms with van der Waals surface area (Å²) in [5, 5.41) is 17.3. The number of allylic oxidation sites excluding steroid dienone is 1. The van der Waals surface area contributed by atoms with Crippen molar-refractivity contribution in [3.8, 4) is 28.8 Å². The van der Waals surface area contributed by atoms with E-state index in [4.69, 9.17) is 15.2 Å². The van der Waals surface area contributed by atoms with Gasteiger partial charge in [0.05, 0.1) is 37.4 Å². The standard InChI is InChI=1S/C29H23N7O4/c1-39-28(37)23-22(17-7-4-3-5-8-17)21(15-30)25(31)36(24(23)29(38)40-2)20-12-10-18(11-13-20)26-33-27(35-34-26)19-9-6-14-32-16-19/h3-14,16,22H,31H2,1-2H3,(H,33,34,35). The van der Waals surface area contributed by atoms with Crippen LogP contribution in [-0.2, 0) is 19.1 Å². The number of rotatable bonds is 6. The molecule has 1 unspecified atom stereocenters. The third kappa shape index (κ3) is 4.54. The molecule has 3 heterocycles. The molecule has 1 atom stereocenters. The number of nitrogens with two attached hydrogens (primary N) is 1. The van der Waals surface area contributed by atoms with Crippen LogP contribution in [0.4, 0.5) is 5.69 Å². The first-order chi connectivity index (χ1) is 19.5. The summed E-state index contributed by atoms with van der Waals surface area (Å²) < 4.78 is 10.1. The number of aromatic amines is 1. The lowest BCUT2D eigenvalue weighted by atomic mass is 9.81. The average molecular weight is 534 g/mol. The van der Waals surface area contributed by atoms with Gasteiger partial charge in [0.25, 0.3) is 0 Å². The topological polar surface area (TPSA) is 160 Å². The number of H-pyrrole nitrogens is 1. The third-order valence-corrected chi connectivity index (χ3v) is 6.41. The highest BCUT2D eigenvalue weighted by Gasteiger charge is 2.42. The number of nitriles is 1. The number of benzene rings is 2. The maximum atomic E-state index is 13.2. The van der Waals surface area contributed by atoms with E-state index in [1.807, 2.05) is 6.07 Å². The first kappa shape index (κ1) is 25.9. The summed E-state index contributed by atoms with van der Waals surface area (Å²) in [6.07, 6.45) is 3.33. The van der Waals surface area contributed by atoms with Crippen molar-refractivity contribution in [3.63, 3.8) is 0 Å². The number of hydrogen-bond acceptors (Lipinski definition) is 10. The number of nitrogens with one attached hydrogen (secondary N) is 1. The zero-order valence-electron chi connectivity index (χ0n) is 21.5. The summed E-state index contributed by atoms with van der Waals surface area (Å²) in [5.74, 6) is -1.57. The minimum absolute atomic E-state index is 0.0179. The van der Waals surface area contributed by atoms with Crippen LogP contribution in [0.15, 0.2) is 102 Å². The summed E-state index contributed by atoms with van der Waals surface area (Å²) in [6, 6.07) is 21.5. The first-order valence-electron chi connectivity index (χ1n) is 12.1. The van der Waals surface area contributed by atoms with E-state index in [0.29, 0.717) is 28.5 Å². The maximum Gasteiger partial charge on any atom is 0.355 e. The van der Waals surface area contributed by atoms with Crippen LogP contribution in [0.3, 0.4) is 0 Å². The van der Waals surface area contributed by atoms with Gasteiger partial charge in [0, 0.05) is 29.2 Å². The summed E-state index contributed by atoms with van der Waals surface area (Å²) in [7, 11) is 2.41. The van der Waals surface area contributed by atoms with Gasteiger partial charge >= 0.3 is 11.9 Å². The Labute approximate surface area is 229 Å². The predicted octanol–water partition coefficient (Wildman–Crippen LogP) is 3.43. The van der Waals surface area contributed by atoms with Crippen LogP contribution in [0.25, 0.3) is 22.8 Å². The largest absolute Gasteiger partial charge is 0.466 e. The summed E-state index contributed by atoms with van der Waals surface area (Å²) in [5.41, 5.74) is 8.88. The average Bonchev–Trinajstić information content (AvgIpc) is 3.51. The molecule has 0 amide bonds. The van der Waals surface area contributed by atoms with Gasteiger partial charge in [-0.1, -0.05) is 30.3 Å². The summed E-state index contributed by atoms with van der Waals surface area (Å²) >= 11 is 0. The number of aromatic nitrogens is 4. The summed E-state index contributed by atoms with van der Waals surface area (Å²) in [6.45, 7) is 0. The van der Waals surface area contributed by atoms with Crippen LogP contribution < -0.4 is 10.6 Å². The molecule has 4 aromatic rings. The Morgan fingerprint density at radius 2 is 1.70 bits per heavy atom. The molecule has 0 spiro atoms. The zero-order chi connectivity index (χ0) is 28.2. The van der Waals surface area contributed by atoms with Gasteiger partial charge in [-0.3, -0.25) is 15.0 Å². The number of anilines is 1. The number of esters is 2. The lowest BCUT2D eigenvalue weighted by molar-refractivity contribution is -0.139. The number of methoxy groups -OCH3 is 2. The second-order valence-electron chi connectivity index (χ2n) is 8.63. The van der Waals surface area contributed by atoms with Gasteiger partial charge in [-0.25, -0.2) is 14.6 Å². The van der Waals surface area contributed by atoms with Crippen LogP contribution in [-0.4, -0.2) is 46.3 Å². The molecule has 0 aliphatic carbocycles. The first-order valence-corrected chi connectivity index (χ1v) is 12.1. The Morgan fingerprint density at radius 1 is 0.975 bits per heavy atom. The lowest BCUT2D eigenvalue weighted by Gasteiger charge is -2.35. The van der Waals surface area contributed by atoms with E-state index in [9.17, 15) is 14.9 Å². The molecule has 0 saturated carbocycles. The van der Waals surface area contributed by atoms with Crippen molar-refractivity contribution in [1.29, 1.82) is 5.26 Å². The summed E-state index contributed by atoms with van der Waals surface area (Å²) in [4.78, 5) is 36.3. The second kappa shape index (κ2) is 10.9. The van der Waals surface area contributed by atoms with E-state index >= 15 is 0 Å². The Balaban J connectivity index is 1.62. The van der Waals surface area contributed by atoms with Gasteiger partial charge < -0.3 is 15.2 Å². The Hall–Kier alpha value is -5.76. The smallest absolute Gasteiger partial charge is 0.355 e. The zero-order valence-corrected chi connectivity index (χ0v) is 21.5. The molecule has 0 saturated heterocycles. The molecule has 3 N–H and O–H groups in total. The molecule has 0 radical (unpaired) electrons. The molecule has 2 aromatic heterocycles. The SMILES string of the molecule is COC(=O)C1=C(C(=O)OC)N(c2ccc(-c3nc(-c4cccnc4)n[nH]3)cc2)C(N)=C(C#N)C1c1ccccc1. The fourth-order valence-electron chi connectivity index (χ4n) is 4.56. The molecule has 0 bridgehead atoms. The third-order valence-electron chi connectivity index (χ3n) is 6.41. The Bertz CT molecular complexity index is 1670. The monoisotopic (exact) mass is 533 g/mol. The predicted molar refractivity (Wildman–Crippen MR) is 145 cm³/mol. The lowest BCUT2D eigenvalue weighted by Crippen LogP contribution is -2.40. The van der Waals surface area contributed by atoms with Crippen LogP contribution in [0.1, 0.15) is 11.5 Å². The number of nitrogens with zero attached hydrogens (tertiary/aromatic N) is 5. The number of carbonyl (C=O) groups is 2. The minimum Gasteiger partial charge on any atom is -0.466 e. The molecule has 198 valence electrons. The van der Waals surface area contributed by atoms with Crippen LogP contribution in [0, 0.1) is 11.3 Å². The Kier molecular flexibility index (Phi) is 7.07. The second-order valence-corrected chi connectivity index (χ2v) is 8.63. The van der Waals surface area contributed by atoms with Gasteiger partial charge in [0.15, 0.2) is 11.6 Å². The molecule has 11 nitrogen and oxygen atoms in total. The fraction of sp³-hybridized carbons (Fsp3) is 0.103. The molecular formula is C29H23N7O4. The van der Waals surface area contributed by atoms with Crippen molar-refractivity contribution in [2.75, 3.05) is 19.1 Å².